The molecule has 1 aliphatic heterocycles. The molecule has 0 spiro atoms. The average molecular weight is 416 g/mol. The molecule has 3 heterocycles. The number of carbonyl (C=O) groups excluding carboxylic acids is 1. The number of nitrogen functional groups attached to an aromatic ring is 1. The highest BCUT2D eigenvalue weighted by Gasteiger charge is 2.27. The van der Waals surface area contributed by atoms with Gasteiger partial charge < -0.3 is 15.2 Å². The van der Waals surface area contributed by atoms with Gasteiger partial charge in [-0.1, -0.05) is 18.2 Å². The highest BCUT2D eigenvalue weighted by atomic mass is 16.6. The number of hydrogen-bond acceptors (Lipinski definition) is 6. The van der Waals surface area contributed by atoms with E-state index in [0.717, 1.165) is 35.2 Å². The summed E-state index contributed by atoms with van der Waals surface area (Å²) < 4.78 is 12.9. The Morgan fingerprint density at radius 2 is 1.87 bits per heavy atom. The van der Waals surface area contributed by atoms with Gasteiger partial charge in [0, 0.05) is 12.3 Å². The SMILES string of the molecule is Cc1cc(C)cc(-n2c(N)c(C(=O)OC[C@@H]3CCCO3)c3nc4ccccc4nc32)c1. The van der Waals surface area contributed by atoms with Crippen LogP contribution in [-0.4, -0.2) is 39.8 Å². The number of para-hydroxylation sites is 2. The van der Waals surface area contributed by atoms with Crippen molar-refractivity contribution in [1.82, 2.24) is 14.5 Å². The fourth-order valence-corrected chi connectivity index (χ4v) is 4.22. The van der Waals surface area contributed by atoms with Crippen LogP contribution in [0.2, 0.25) is 0 Å². The van der Waals surface area contributed by atoms with Crippen LogP contribution in [0.15, 0.2) is 42.5 Å². The molecule has 7 nitrogen and oxygen atoms in total. The van der Waals surface area contributed by atoms with E-state index in [2.05, 4.69) is 6.07 Å². The number of anilines is 1. The van der Waals surface area contributed by atoms with Gasteiger partial charge in [-0.05, 0) is 62.1 Å². The van der Waals surface area contributed by atoms with E-state index in [9.17, 15) is 4.79 Å². The third-order valence-corrected chi connectivity index (χ3v) is 5.59. The summed E-state index contributed by atoms with van der Waals surface area (Å²) in [5.41, 5.74) is 12.2. The number of aryl methyl sites for hydroxylation is 2. The fraction of sp³-hybridized carbons (Fsp3) is 0.292. The first-order valence-electron chi connectivity index (χ1n) is 10.5. The van der Waals surface area contributed by atoms with Gasteiger partial charge >= 0.3 is 5.97 Å². The third kappa shape index (κ3) is 3.51. The van der Waals surface area contributed by atoms with Crippen LogP contribution in [0.4, 0.5) is 5.82 Å². The molecule has 1 saturated heterocycles. The van der Waals surface area contributed by atoms with Crippen LogP contribution >= 0.6 is 0 Å². The minimum Gasteiger partial charge on any atom is -0.459 e. The Hall–Kier alpha value is -3.45. The van der Waals surface area contributed by atoms with Gasteiger partial charge in [0.15, 0.2) is 5.65 Å². The number of nitrogens with two attached hydrogens (primary N) is 1. The molecule has 2 aromatic heterocycles. The summed E-state index contributed by atoms with van der Waals surface area (Å²) in [6.45, 7) is 4.95. The molecule has 1 aliphatic rings. The molecule has 1 atom stereocenters. The summed E-state index contributed by atoms with van der Waals surface area (Å²) in [4.78, 5) is 22.6. The molecule has 4 aromatic rings. The van der Waals surface area contributed by atoms with E-state index in [-0.39, 0.29) is 24.1 Å². The Morgan fingerprint density at radius 1 is 1.16 bits per heavy atom. The molecule has 31 heavy (non-hydrogen) atoms. The molecule has 0 amide bonds. The van der Waals surface area contributed by atoms with Crippen LogP contribution in [0.1, 0.15) is 34.3 Å². The highest BCUT2D eigenvalue weighted by Crippen LogP contribution is 2.32. The molecule has 0 unspecified atom stereocenters. The van der Waals surface area contributed by atoms with E-state index in [1.165, 1.54) is 0 Å². The van der Waals surface area contributed by atoms with E-state index in [4.69, 9.17) is 25.2 Å². The maximum atomic E-state index is 13.1. The molecule has 2 N–H and O–H groups in total. The van der Waals surface area contributed by atoms with Crippen LogP contribution in [0.25, 0.3) is 27.9 Å². The number of fused-ring (bicyclic) bond motifs is 2. The van der Waals surface area contributed by atoms with Crippen LogP contribution in [-0.2, 0) is 9.47 Å². The van der Waals surface area contributed by atoms with E-state index in [1.807, 2.05) is 50.2 Å². The molecule has 1 fully saturated rings. The van der Waals surface area contributed by atoms with E-state index in [1.54, 1.807) is 4.57 Å². The number of hydrogen-bond donors (Lipinski definition) is 1. The largest absolute Gasteiger partial charge is 0.459 e. The Kier molecular flexibility index (Phi) is 4.82. The van der Waals surface area contributed by atoms with Crippen molar-refractivity contribution < 1.29 is 14.3 Å². The van der Waals surface area contributed by atoms with Crippen LogP contribution in [0.3, 0.4) is 0 Å². The zero-order valence-electron chi connectivity index (χ0n) is 17.6. The Morgan fingerprint density at radius 3 is 2.55 bits per heavy atom. The number of nitrogens with zero attached hydrogens (tertiary/aromatic N) is 3. The summed E-state index contributed by atoms with van der Waals surface area (Å²) in [5.74, 6) is -0.238. The fourth-order valence-electron chi connectivity index (χ4n) is 4.22. The predicted molar refractivity (Wildman–Crippen MR) is 120 cm³/mol. The molecule has 0 saturated carbocycles. The van der Waals surface area contributed by atoms with Crippen molar-refractivity contribution in [2.45, 2.75) is 32.8 Å². The van der Waals surface area contributed by atoms with Crippen LogP contribution in [0.5, 0.6) is 0 Å². The van der Waals surface area contributed by atoms with Crippen molar-refractivity contribution in [1.29, 1.82) is 0 Å². The van der Waals surface area contributed by atoms with Gasteiger partial charge in [0.25, 0.3) is 0 Å². The van der Waals surface area contributed by atoms with E-state index in [0.29, 0.717) is 23.3 Å². The molecular weight excluding hydrogens is 392 g/mol. The molecular formula is C24H24N4O3. The van der Waals surface area contributed by atoms with Crippen LogP contribution in [0, 0.1) is 13.8 Å². The van der Waals surface area contributed by atoms with Crippen molar-refractivity contribution >= 4 is 34.0 Å². The molecule has 7 heteroatoms. The lowest BCUT2D eigenvalue weighted by Gasteiger charge is -2.11. The lowest BCUT2D eigenvalue weighted by atomic mass is 10.1. The zero-order chi connectivity index (χ0) is 21.5. The summed E-state index contributed by atoms with van der Waals surface area (Å²) >= 11 is 0. The number of carbonyl (C=O) groups is 1. The van der Waals surface area contributed by atoms with Gasteiger partial charge in [0.1, 0.15) is 23.5 Å². The first kappa shape index (κ1) is 19.5. The van der Waals surface area contributed by atoms with E-state index >= 15 is 0 Å². The predicted octanol–water partition coefficient (Wildman–Crippen LogP) is 4.11. The Balaban J connectivity index is 1.69. The monoisotopic (exact) mass is 416 g/mol. The van der Waals surface area contributed by atoms with Crippen molar-refractivity contribution in [3.8, 4) is 5.69 Å². The lowest BCUT2D eigenvalue weighted by molar-refractivity contribution is 0.0163. The zero-order valence-corrected chi connectivity index (χ0v) is 17.6. The number of esters is 1. The van der Waals surface area contributed by atoms with Crippen molar-refractivity contribution in [3.63, 3.8) is 0 Å². The first-order chi connectivity index (χ1) is 15.0. The van der Waals surface area contributed by atoms with Gasteiger partial charge in [-0.15, -0.1) is 0 Å². The maximum absolute atomic E-state index is 13.1. The minimum absolute atomic E-state index is 0.0649. The summed E-state index contributed by atoms with van der Waals surface area (Å²) in [6, 6.07) is 13.7. The third-order valence-electron chi connectivity index (χ3n) is 5.59. The minimum atomic E-state index is -0.509. The molecule has 0 radical (unpaired) electrons. The van der Waals surface area contributed by atoms with Gasteiger partial charge in [0.2, 0.25) is 0 Å². The van der Waals surface area contributed by atoms with Crippen LogP contribution < -0.4 is 5.73 Å². The molecule has 158 valence electrons. The normalized spacial score (nSPS) is 16.3. The van der Waals surface area contributed by atoms with Gasteiger partial charge in [-0.25, -0.2) is 14.8 Å². The Labute approximate surface area is 179 Å². The van der Waals surface area contributed by atoms with Gasteiger partial charge in [0.05, 0.1) is 17.1 Å². The number of aromatic nitrogens is 3. The molecule has 5 rings (SSSR count). The second-order valence-corrected chi connectivity index (χ2v) is 8.06. The number of ether oxygens (including phenoxy) is 2. The van der Waals surface area contributed by atoms with E-state index < -0.39 is 5.97 Å². The first-order valence-corrected chi connectivity index (χ1v) is 10.5. The lowest BCUT2D eigenvalue weighted by Crippen LogP contribution is -2.18. The topological polar surface area (TPSA) is 92.3 Å². The average Bonchev–Trinajstić information content (AvgIpc) is 3.35. The number of benzene rings is 2. The molecule has 0 bridgehead atoms. The summed E-state index contributed by atoms with van der Waals surface area (Å²) in [5, 5.41) is 0. The molecule has 0 aliphatic carbocycles. The summed E-state index contributed by atoms with van der Waals surface area (Å²) in [7, 11) is 0. The number of rotatable bonds is 4. The maximum Gasteiger partial charge on any atom is 0.344 e. The standard InChI is InChI=1S/C24H24N4O3/c1-14-10-15(2)12-16(11-14)28-22(25)20(24(29)31-13-17-6-5-9-30-17)21-23(28)27-19-8-4-3-7-18(19)26-21/h3-4,7-8,10-12,17H,5-6,9,13,25H2,1-2H3/t17-/m0/s1. The van der Waals surface area contributed by atoms with Gasteiger partial charge in [-0.3, -0.25) is 4.57 Å². The quantitative estimate of drug-likeness (QED) is 0.504. The molecule has 2 aromatic carbocycles. The summed E-state index contributed by atoms with van der Waals surface area (Å²) in [6.07, 6.45) is 1.80. The Bertz CT molecular complexity index is 1290. The second-order valence-electron chi connectivity index (χ2n) is 8.06. The smallest absolute Gasteiger partial charge is 0.344 e. The second kappa shape index (κ2) is 7.67. The van der Waals surface area contributed by atoms with Crippen molar-refractivity contribution in [3.05, 3.63) is 59.2 Å². The van der Waals surface area contributed by atoms with Gasteiger partial charge in [-0.2, -0.15) is 0 Å². The van der Waals surface area contributed by atoms with Crippen molar-refractivity contribution in [2.24, 2.45) is 0 Å². The highest BCUT2D eigenvalue weighted by molar-refractivity contribution is 6.09. The van der Waals surface area contributed by atoms with Crippen molar-refractivity contribution in [2.75, 3.05) is 18.9 Å².